The first-order valence-electron chi connectivity index (χ1n) is 9.71. The molecule has 0 amide bonds. The van der Waals surface area contributed by atoms with Crippen LogP contribution in [0.15, 0.2) is 42.5 Å². The number of anilines is 1. The Bertz CT molecular complexity index is 830. The Labute approximate surface area is 164 Å². The second-order valence-corrected chi connectivity index (χ2v) is 7.15. The lowest BCUT2D eigenvalue weighted by Gasteiger charge is -2.28. The predicted octanol–water partition coefficient (Wildman–Crippen LogP) is 2.93. The zero-order chi connectivity index (χ0) is 19.3. The van der Waals surface area contributed by atoms with Crippen LogP contribution in [0.3, 0.4) is 0 Å². The summed E-state index contributed by atoms with van der Waals surface area (Å²) in [6, 6.07) is 13.8. The number of ether oxygens (including phenoxy) is 2. The number of hydrogen-bond acceptors (Lipinski definition) is 6. The van der Waals surface area contributed by atoms with Crippen LogP contribution in [0, 0.1) is 10.1 Å². The molecule has 2 heterocycles. The van der Waals surface area contributed by atoms with Crippen LogP contribution in [0.25, 0.3) is 11.1 Å². The highest BCUT2D eigenvalue weighted by Crippen LogP contribution is 2.34. The molecule has 0 aliphatic carbocycles. The third-order valence-electron chi connectivity index (χ3n) is 5.29. The molecule has 2 aliphatic rings. The number of hydrogen-bond donors (Lipinski definition) is 0. The van der Waals surface area contributed by atoms with Gasteiger partial charge in [0, 0.05) is 38.8 Å². The van der Waals surface area contributed by atoms with Crippen LogP contribution < -0.4 is 4.90 Å². The maximum Gasteiger partial charge on any atom is 0.293 e. The first-order chi connectivity index (χ1) is 13.7. The molecule has 0 bridgehead atoms. The predicted molar refractivity (Wildman–Crippen MR) is 108 cm³/mol. The fraction of sp³-hybridized carbons (Fsp3) is 0.429. The van der Waals surface area contributed by atoms with E-state index >= 15 is 0 Å². The average Bonchev–Trinajstić information content (AvgIpc) is 2.75. The van der Waals surface area contributed by atoms with Gasteiger partial charge in [-0.25, -0.2) is 0 Å². The first kappa shape index (κ1) is 18.9. The highest BCUT2D eigenvalue weighted by molar-refractivity contribution is 5.74. The van der Waals surface area contributed by atoms with Crippen LogP contribution in [0.2, 0.25) is 0 Å². The van der Waals surface area contributed by atoms with E-state index in [9.17, 15) is 10.1 Å². The molecule has 7 nitrogen and oxygen atoms in total. The standard InChI is InChI=1S/C21H25N3O4/c25-24(26)21-15-19(4-5-20(21)23-8-12-28-13-9-23)18-3-1-2-17(14-18)16-22-6-10-27-11-7-22/h1-5,14-15H,6-13,16H2. The highest BCUT2D eigenvalue weighted by Gasteiger charge is 2.22. The van der Waals surface area contributed by atoms with Crippen molar-refractivity contribution in [3.05, 3.63) is 58.1 Å². The van der Waals surface area contributed by atoms with Crippen molar-refractivity contribution in [2.24, 2.45) is 0 Å². The number of nitro groups is 1. The smallest absolute Gasteiger partial charge is 0.293 e. The minimum atomic E-state index is -0.286. The molecule has 0 saturated carbocycles. The lowest BCUT2D eigenvalue weighted by atomic mass is 10.0. The van der Waals surface area contributed by atoms with Crippen molar-refractivity contribution in [2.75, 3.05) is 57.5 Å². The number of morpholine rings is 2. The normalized spacial score (nSPS) is 18.2. The Morgan fingerprint density at radius 2 is 1.57 bits per heavy atom. The summed E-state index contributed by atoms with van der Waals surface area (Å²) in [6.07, 6.45) is 0. The molecule has 0 spiro atoms. The number of benzene rings is 2. The lowest BCUT2D eigenvalue weighted by molar-refractivity contribution is -0.384. The molecular weight excluding hydrogens is 358 g/mol. The Morgan fingerprint density at radius 1 is 0.893 bits per heavy atom. The van der Waals surface area contributed by atoms with E-state index < -0.39 is 0 Å². The molecule has 0 N–H and O–H groups in total. The van der Waals surface area contributed by atoms with Gasteiger partial charge in [-0.3, -0.25) is 15.0 Å². The van der Waals surface area contributed by atoms with Gasteiger partial charge in [0.2, 0.25) is 0 Å². The van der Waals surface area contributed by atoms with Gasteiger partial charge in [-0.05, 0) is 28.8 Å². The summed E-state index contributed by atoms with van der Waals surface area (Å²) in [5.74, 6) is 0. The quantitative estimate of drug-likeness (QED) is 0.584. The topological polar surface area (TPSA) is 68.1 Å². The molecule has 0 aromatic heterocycles. The Morgan fingerprint density at radius 3 is 2.29 bits per heavy atom. The van der Waals surface area contributed by atoms with E-state index in [1.165, 1.54) is 5.56 Å². The lowest BCUT2D eigenvalue weighted by Crippen LogP contribution is -2.36. The van der Waals surface area contributed by atoms with Crippen LogP contribution >= 0.6 is 0 Å². The van der Waals surface area contributed by atoms with E-state index in [0.717, 1.165) is 44.0 Å². The summed E-state index contributed by atoms with van der Waals surface area (Å²) >= 11 is 0. The molecule has 2 saturated heterocycles. The van der Waals surface area contributed by atoms with Crippen molar-refractivity contribution in [1.82, 2.24) is 4.90 Å². The summed E-state index contributed by atoms with van der Waals surface area (Å²) < 4.78 is 10.8. The molecule has 7 heteroatoms. The number of rotatable bonds is 5. The van der Waals surface area contributed by atoms with Crippen LogP contribution in [-0.4, -0.2) is 62.4 Å². The molecule has 2 aromatic rings. The highest BCUT2D eigenvalue weighted by atomic mass is 16.6. The van der Waals surface area contributed by atoms with Gasteiger partial charge >= 0.3 is 0 Å². The van der Waals surface area contributed by atoms with E-state index in [2.05, 4.69) is 17.0 Å². The second kappa shape index (κ2) is 8.68. The molecular formula is C21H25N3O4. The van der Waals surface area contributed by atoms with E-state index in [0.29, 0.717) is 32.0 Å². The minimum Gasteiger partial charge on any atom is -0.379 e. The molecule has 2 aliphatic heterocycles. The second-order valence-electron chi connectivity index (χ2n) is 7.15. The van der Waals surface area contributed by atoms with Crippen molar-refractivity contribution >= 4 is 11.4 Å². The van der Waals surface area contributed by atoms with Crippen molar-refractivity contribution in [3.8, 4) is 11.1 Å². The SMILES string of the molecule is O=[N+]([O-])c1cc(-c2cccc(CN3CCOCC3)c2)ccc1N1CCOCC1. The summed E-state index contributed by atoms with van der Waals surface area (Å²) in [6.45, 7) is 6.83. The number of nitro benzene ring substituents is 1. The molecule has 0 unspecified atom stereocenters. The summed E-state index contributed by atoms with van der Waals surface area (Å²) in [5.41, 5.74) is 3.90. The van der Waals surface area contributed by atoms with Gasteiger partial charge in [0.25, 0.3) is 5.69 Å². The zero-order valence-corrected chi connectivity index (χ0v) is 15.9. The molecule has 148 valence electrons. The minimum absolute atomic E-state index is 0.151. The van der Waals surface area contributed by atoms with E-state index in [-0.39, 0.29) is 10.6 Å². The first-order valence-corrected chi connectivity index (χ1v) is 9.71. The van der Waals surface area contributed by atoms with Gasteiger partial charge in [-0.15, -0.1) is 0 Å². The zero-order valence-electron chi connectivity index (χ0n) is 15.9. The average molecular weight is 383 g/mol. The molecule has 28 heavy (non-hydrogen) atoms. The van der Waals surface area contributed by atoms with Crippen LogP contribution in [-0.2, 0) is 16.0 Å². The third-order valence-corrected chi connectivity index (χ3v) is 5.29. The molecule has 0 radical (unpaired) electrons. The van der Waals surface area contributed by atoms with Gasteiger partial charge in [0.15, 0.2) is 0 Å². The van der Waals surface area contributed by atoms with E-state index in [1.807, 2.05) is 29.2 Å². The third kappa shape index (κ3) is 4.32. The fourth-order valence-electron chi connectivity index (χ4n) is 3.79. The van der Waals surface area contributed by atoms with Crippen molar-refractivity contribution in [1.29, 1.82) is 0 Å². The maximum atomic E-state index is 11.7. The van der Waals surface area contributed by atoms with Gasteiger partial charge in [-0.1, -0.05) is 24.3 Å². The Hall–Kier alpha value is -2.48. The van der Waals surface area contributed by atoms with Gasteiger partial charge in [0.1, 0.15) is 5.69 Å². The van der Waals surface area contributed by atoms with Crippen LogP contribution in [0.5, 0.6) is 0 Å². The van der Waals surface area contributed by atoms with E-state index in [1.54, 1.807) is 6.07 Å². The summed E-state index contributed by atoms with van der Waals surface area (Å²) in [7, 11) is 0. The maximum absolute atomic E-state index is 11.7. The van der Waals surface area contributed by atoms with Crippen LogP contribution in [0.4, 0.5) is 11.4 Å². The molecule has 0 atom stereocenters. The Kier molecular flexibility index (Phi) is 5.85. The van der Waals surface area contributed by atoms with E-state index in [4.69, 9.17) is 9.47 Å². The summed E-state index contributed by atoms with van der Waals surface area (Å²) in [4.78, 5) is 15.8. The van der Waals surface area contributed by atoms with Gasteiger partial charge < -0.3 is 14.4 Å². The largest absolute Gasteiger partial charge is 0.379 e. The molecule has 2 fully saturated rings. The molecule has 4 rings (SSSR count). The Balaban J connectivity index is 1.59. The fourth-order valence-corrected chi connectivity index (χ4v) is 3.79. The van der Waals surface area contributed by atoms with Gasteiger partial charge in [0.05, 0.1) is 31.4 Å². The molecule has 2 aromatic carbocycles. The monoisotopic (exact) mass is 383 g/mol. The van der Waals surface area contributed by atoms with Crippen molar-refractivity contribution in [2.45, 2.75) is 6.54 Å². The van der Waals surface area contributed by atoms with Gasteiger partial charge in [-0.2, -0.15) is 0 Å². The van der Waals surface area contributed by atoms with Crippen molar-refractivity contribution < 1.29 is 14.4 Å². The van der Waals surface area contributed by atoms with Crippen molar-refractivity contribution in [3.63, 3.8) is 0 Å². The summed E-state index contributed by atoms with van der Waals surface area (Å²) in [5, 5.41) is 11.7. The number of nitrogens with zero attached hydrogens (tertiary/aromatic N) is 3. The van der Waals surface area contributed by atoms with Crippen LogP contribution in [0.1, 0.15) is 5.56 Å².